The third-order valence-corrected chi connectivity index (χ3v) is 8.10. The Bertz CT molecular complexity index is 1430. The van der Waals surface area contributed by atoms with E-state index in [1.807, 2.05) is 6.92 Å². The first kappa shape index (κ1) is 30.4. The monoisotopic (exact) mass is 571 g/mol. The molecule has 3 aromatic rings. The summed E-state index contributed by atoms with van der Waals surface area (Å²) in [7, 11) is -1.45. The van der Waals surface area contributed by atoms with E-state index in [-0.39, 0.29) is 22.9 Å². The molecule has 0 radical (unpaired) electrons. The van der Waals surface area contributed by atoms with E-state index in [9.17, 15) is 22.4 Å². The first-order chi connectivity index (χ1) is 19.0. The molecule has 0 bridgehead atoms. The molecule has 0 spiro atoms. The van der Waals surface area contributed by atoms with E-state index in [2.05, 4.69) is 5.32 Å². The molecule has 0 unspecified atom stereocenters. The number of aryl methyl sites for hydroxylation is 1. The van der Waals surface area contributed by atoms with Crippen LogP contribution in [0.25, 0.3) is 0 Å². The van der Waals surface area contributed by atoms with Gasteiger partial charge >= 0.3 is 0 Å². The normalized spacial score (nSPS) is 11.8. The Balaban J connectivity index is 2.06. The smallest absolute Gasteiger partial charge is 0.264 e. The molecule has 2 amide bonds. The number of rotatable bonds is 12. The molecule has 3 aromatic carbocycles. The van der Waals surface area contributed by atoms with Crippen molar-refractivity contribution in [1.82, 2.24) is 10.2 Å². The minimum Gasteiger partial charge on any atom is -0.493 e. The van der Waals surface area contributed by atoms with Crippen molar-refractivity contribution in [3.8, 4) is 11.5 Å². The number of carbonyl (C=O) groups excluding carboxylic acids is 2. The summed E-state index contributed by atoms with van der Waals surface area (Å²) in [5.74, 6) is -0.900. The van der Waals surface area contributed by atoms with Gasteiger partial charge in [-0.2, -0.15) is 0 Å². The average molecular weight is 572 g/mol. The van der Waals surface area contributed by atoms with E-state index in [0.29, 0.717) is 17.9 Å². The van der Waals surface area contributed by atoms with Crippen molar-refractivity contribution < 1.29 is 31.9 Å². The van der Waals surface area contributed by atoms with E-state index in [1.165, 1.54) is 61.6 Å². The summed E-state index contributed by atoms with van der Waals surface area (Å²) < 4.78 is 53.0. The summed E-state index contributed by atoms with van der Waals surface area (Å²) >= 11 is 0. The Labute approximate surface area is 234 Å². The molecule has 0 aromatic heterocycles. The largest absolute Gasteiger partial charge is 0.493 e. The van der Waals surface area contributed by atoms with Crippen LogP contribution in [0.2, 0.25) is 0 Å². The fourth-order valence-corrected chi connectivity index (χ4v) is 5.47. The molecule has 11 heteroatoms. The second-order valence-electron chi connectivity index (χ2n) is 9.08. The topological polar surface area (TPSA) is 105 Å². The van der Waals surface area contributed by atoms with Crippen molar-refractivity contribution in [3.63, 3.8) is 0 Å². The van der Waals surface area contributed by atoms with Crippen LogP contribution in [0.4, 0.5) is 10.1 Å². The molecule has 0 heterocycles. The van der Waals surface area contributed by atoms with E-state index < -0.39 is 40.2 Å². The van der Waals surface area contributed by atoms with Crippen molar-refractivity contribution in [2.24, 2.45) is 0 Å². The summed E-state index contributed by atoms with van der Waals surface area (Å²) in [5.41, 5.74) is 1.75. The number of halogens is 1. The summed E-state index contributed by atoms with van der Waals surface area (Å²) in [5, 5.41) is 2.70. The van der Waals surface area contributed by atoms with Crippen LogP contribution in [0.5, 0.6) is 11.5 Å². The zero-order valence-corrected chi connectivity index (χ0v) is 24.0. The van der Waals surface area contributed by atoms with Gasteiger partial charge in [0.25, 0.3) is 10.0 Å². The van der Waals surface area contributed by atoms with Crippen LogP contribution in [-0.4, -0.2) is 58.5 Å². The maximum Gasteiger partial charge on any atom is 0.264 e. The molecule has 214 valence electrons. The molecule has 40 heavy (non-hydrogen) atoms. The third kappa shape index (κ3) is 7.09. The van der Waals surface area contributed by atoms with Gasteiger partial charge in [-0.3, -0.25) is 13.9 Å². The number of likely N-dealkylation sites (N-methyl/N-ethyl adjacent to an activating group) is 1. The summed E-state index contributed by atoms with van der Waals surface area (Å²) in [6, 6.07) is 15.5. The van der Waals surface area contributed by atoms with Gasteiger partial charge in [0.2, 0.25) is 11.8 Å². The lowest BCUT2D eigenvalue weighted by molar-refractivity contribution is -0.139. The molecule has 0 aliphatic heterocycles. The lowest BCUT2D eigenvalue weighted by atomic mass is 10.1. The Hall–Kier alpha value is -4.12. The first-order valence-corrected chi connectivity index (χ1v) is 14.1. The molecule has 3 rings (SSSR count). The van der Waals surface area contributed by atoms with Gasteiger partial charge in [-0.15, -0.1) is 0 Å². The van der Waals surface area contributed by atoms with Crippen molar-refractivity contribution in [1.29, 1.82) is 0 Å². The van der Waals surface area contributed by atoms with Crippen LogP contribution in [0.15, 0.2) is 71.6 Å². The number of methoxy groups -OCH3 is 2. The number of ether oxygens (including phenoxy) is 2. The zero-order chi connectivity index (χ0) is 29.4. The SMILES string of the molecule is CCNC(=O)[C@H](C)N(Cc1ccc(F)cc1)C(=O)CN(c1ccc(C)cc1)S(=O)(=O)c1ccc(OC)c(OC)c1. The number of carbonyl (C=O) groups is 2. The van der Waals surface area contributed by atoms with Gasteiger partial charge in [0.15, 0.2) is 11.5 Å². The zero-order valence-electron chi connectivity index (χ0n) is 23.2. The van der Waals surface area contributed by atoms with E-state index in [4.69, 9.17) is 9.47 Å². The van der Waals surface area contributed by atoms with E-state index in [0.717, 1.165) is 9.87 Å². The maximum absolute atomic E-state index is 14.0. The van der Waals surface area contributed by atoms with Gasteiger partial charge in [0.05, 0.1) is 24.8 Å². The van der Waals surface area contributed by atoms with Crippen molar-refractivity contribution in [2.45, 2.75) is 38.3 Å². The summed E-state index contributed by atoms with van der Waals surface area (Å²) in [6.45, 7) is 4.91. The summed E-state index contributed by atoms with van der Waals surface area (Å²) in [4.78, 5) is 27.8. The highest BCUT2D eigenvalue weighted by atomic mass is 32.2. The molecule has 0 saturated carbocycles. The highest BCUT2D eigenvalue weighted by Crippen LogP contribution is 2.32. The van der Waals surface area contributed by atoms with Crippen LogP contribution in [0, 0.1) is 12.7 Å². The van der Waals surface area contributed by atoms with Crippen LogP contribution in [0.1, 0.15) is 25.0 Å². The molecule has 0 aliphatic rings. The average Bonchev–Trinajstić information content (AvgIpc) is 2.95. The van der Waals surface area contributed by atoms with Gasteiger partial charge in [-0.25, -0.2) is 12.8 Å². The van der Waals surface area contributed by atoms with Crippen molar-refractivity contribution in [3.05, 3.63) is 83.7 Å². The van der Waals surface area contributed by atoms with Crippen LogP contribution >= 0.6 is 0 Å². The lowest BCUT2D eigenvalue weighted by Gasteiger charge is -2.32. The molecule has 1 atom stereocenters. The summed E-state index contributed by atoms with van der Waals surface area (Å²) in [6.07, 6.45) is 0. The van der Waals surface area contributed by atoms with Crippen LogP contribution in [0.3, 0.4) is 0 Å². The van der Waals surface area contributed by atoms with Crippen molar-refractivity contribution in [2.75, 3.05) is 31.6 Å². The molecular weight excluding hydrogens is 537 g/mol. The third-order valence-electron chi connectivity index (χ3n) is 6.33. The maximum atomic E-state index is 14.0. The minimum absolute atomic E-state index is 0.0322. The quantitative estimate of drug-likeness (QED) is 0.354. The van der Waals surface area contributed by atoms with Gasteiger partial charge in [0, 0.05) is 19.2 Å². The fraction of sp³-hybridized carbons (Fsp3) is 0.310. The van der Waals surface area contributed by atoms with Crippen LogP contribution < -0.4 is 19.1 Å². The highest BCUT2D eigenvalue weighted by Gasteiger charge is 2.33. The first-order valence-electron chi connectivity index (χ1n) is 12.6. The number of nitrogens with zero attached hydrogens (tertiary/aromatic N) is 2. The number of amides is 2. The Kier molecular flexibility index (Phi) is 10.1. The minimum atomic E-state index is -4.29. The fourth-order valence-electron chi connectivity index (χ4n) is 4.04. The Morgan fingerprint density at radius 2 is 1.57 bits per heavy atom. The molecule has 0 fully saturated rings. The molecule has 0 aliphatic carbocycles. The van der Waals surface area contributed by atoms with Gasteiger partial charge in [0.1, 0.15) is 18.4 Å². The van der Waals surface area contributed by atoms with Gasteiger partial charge in [-0.1, -0.05) is 29.8 Å². The molecule has 9 nitrogen and oxygen atoms in total. The predicted octanol–water partition coefficient (Wildman–Crippen LogP) is 3.90. The number of anilines is 1. The number of nitrogens with one attached hydrogen (secondary N) is 1. The second kappa shape index (κ2) is 13.3. The Morgan fingerprint density at radius 3 is 2.15 bits per heavy atom. The van der Waals surface area contributed by atoms with Crippen LogP contribution in [-0.2, 0) is 26.2 Å². The highest BCUT2D eigenvalue weighted by molar-refractivity contribution is 7.92. The van der Waals surface area contributed by atoms with Gasteiger partial charge < -0.3 is 19.7 Å². The number of benzene rings is 3. The van der Waals surface area contributed by atoms with E-state index >= 15 is 0 Å². The number of hydrogen-bond acceptors (Lipinski definition) is 6. The Morgan fingerprint density at radius 1 is 0.950 bits per heavy atom. The number of hydrogen-bond donors (Lipinski definition) is 1. The standard InChI is InChI=1S/C29H34FN3O6S/c1-6-31-29(35)21(3)32(18-22-9-11-23(30)12-10-22)28(34)19-33(24-13-7-20(2)8-14-24)40(36,37)25-15-16-26(38-4)27(17-25)39-5/h7-17,21H,6,18-19H2,1-5H3,(H,31,35)/t21-/m0/s1. The molecular formula is C29H34FN3O6S. The lowest BCUT2D eigenvalue weighted by Crippen LogP contribution is -2.51. The second-order valence-corrected chi connectivity index (χ2v) is 10.9. The number of sulfonamides is 1. The predicted molar refractivity (Wildman–Crippen MR) is 150 cm³/mol. The van der Waals surface area contributed by atoms with Gasteiger partial charge in [-0.05, 0) is 62.7 Å². The molecule has 0 saturated heterocycles. The van der Waals surface area contributed by atoms with Crippen molar-refractivity contribution >= 4 is 27.5 Å². The molecule has 1 N–H and O–H groups in total. The van der Waals surface area contributed by atoms with E-state index in [1.54, 1.807) is 38.1 Å².